The molecule has 0 N–H and O–H groups in total. The maximum absolute atomic E-state index is 5.66. The fraction of sp³-hybridized carbons (Fsp3) is 0.600. The summed E-state index contributed by atoms with van der Waals surface area (Å²) in [5.41, 5.74) is 0.945. The third kappa shape index (κ3) is 5.06. The summed E-state index contributed by atoms with van der Waals surface area (Å²) >= 11 is 5.66. The molecule has 0 fully saturated rings. The van der Waals surface area contributed by atoms with E-state index in [1.54, 1.807) is 12.4 Å². The van der Waals surface area contributed by atoms with Gasteiger partial charge in [-0.15, -0.1) is 0 Å². The molecule has 4 nitrogen and oxygen atoms in total. The van der Waals surface area contributed by atoms with E-state index in [2.05, 4.69) is 40.9 Å². The van der Waals surface area contributed by atoms with Gasteiger partial charge in [0.05, 0.1) is 18.1 Å². The number of hydrogen-bond acceptors (Lipinski definition) is 4. The van der Waals surface area contributed by atoms with Gasteiger partial charge in [0.1, 0.15) is 5.15 Å². The highest BCUT2D eigenvalue weighted by Crippen LogP contribution is 2.03. The Kier molecular flexibility index (Phi) is 4.94. The van der Waals surface area contributed by atoms with Crippen LogP contribution in [0.2, 0.25) is 5.15 Å². The lowest BCUT2D eigenvalue weighted by molar-refractivity contribution is 0.274. The maximum atomic E-state index is 5.66. The van der Waals surface area contributed by atoms with Crippen LogP contribution in [-0.4, -0.2) is 54.0 Å². The largest absolute Gasteiger partial charge is 0.308 e. The Morgan fingerprint density at radius 1 is 1.13 bits per heavy atom. The van der Waals surface area contributed by atoms with Gasteiger partial charge in [-0.3, -0.25) is 9.88 Å². The molecular formula is C10H17ClN4. The number of aromatic nitrogens is 2. The van der Waals surface area contributed by atoms with Crippen molar-refractivity contribution in [3.05, 3.63) is 23.2 Å². The smallest absolute Gasteiger partial charge is 0.147 e. The Morgan fingerprint density at radius 2 is 1.87 bits per heavy atom. The Labute approximate surface area is 95.9 Å². The molecular weight excluding hydrogens is 212 g/mol. The van der Waals surface area contributed by atoms with Crippen molar-refractivity contribution in [2.24, 2.45) is 0 Å². The summed E-state index contributed by atoms with van der Waals surface area (Å²) in [7, 11) is 6.20. The van der Waals surface area contributed by atoms with Crippen LogP contribution in [0.4, 0.5) is 0 Å². The maximum Gasteiger partial charge on any atom is 0.147 e. The molecule has 0 aromatic carbocycles. The molecule has 1 rings (SSSR count). The first-order valence-corrected chi connectivity index (χ1v) is 5.25. The van der Waals surface area contributed by atoms with Crippen LogP contribution in [0.5, 0.6) is 0 Å². The van der Waals surface area contributed by atoms with Crippen LogP contribution in [0.25, 0.3) is 0 Å². The predicted octanol–water partition coefficient (Wildman–Crippen LogP) is 1.12. The van der Waals surface area contributed by atoms with Crippen LogP contribution in [0.1, 0.15) is 5.69 Å². The van der Waals surface area contributed by atoms with E-state index >= 15 is 0 Å². The summed E-state index contributed by atoms with van der Waals surface area (Å²) in [4.78, 5) is 12.6. The molecule has 1 aromatic rings. The van der Waals surface area contributed by atoms with Gasteiger partial charge in [-0.05, 0) is 21.1 Å². The van der Waals surface area contributed by atoms with E-state index in [4.69, 9.17) is 11.6 Å². The third-order valence-corrected chi connectivity index (χ3v) is 2.23. The molecule has 0 saturated heterocycles. The molecule has 0 radical (unpaired) electrons. The Morgan fingerprint density at radius 3 is 2.40 bits per heavy atom. The van der Waals surface area contributed by atoms with Crippen molar-refractivity contribution in [2.45, 2.75) is 6.54 Å². The first kappa shape index (κ1) is 12.4. The van der Waals surface area contributed by atoms with Crippen molar-refractivity contribution in [3.63, 3.8) is 0 Å². The van der Waals surface area contributed by atoms with E-state index in [0.29, 0.717) is 5.15 Å². The number of hydrogen-bond donors (Lipinski definition) is 0. The highest BCUT2D eigenvalue weighted by molar-refractivity contribution is 6.29. The van der Waals surface area contributed by atoms with Gasteiger partial charge in [0.25, 0.3) is 0 Å². The topological polar surface area (TPSA) is 32.3 Å². The lowest BCUT2D eigenvalue weighted by Gasteiger charge is -2.18. The first-order valence-electron chi connectivity index (χ1n) is 4.87. The van der Waals surface area contributed by atoms with Crippen molar-refractivity contribution >= 4 is 11.6 Å². The van der Waals surface area contributed by atoms with Crippen LogP contribution in [0.3, 0.4) is 0 Å². The molecule has 0 aliphatic rings. The second-order valence-electron chi connectivity index (χ2n) is 3.87. The van der Waals surface area contributed by atoms with Crippen molar-refractivity contribution < 1.29 is 0 Å². The molecule has 0 saturated carbocycles. The quantitative estimate of drug-likeness (QED) is 0.756. The normalized spacial score (nSPS) is 11.3. The SMILES string of the molecule is CN(C)CCN(C)Cc1cnc(Cl)cn1. The summed E-state index contributed by atoms with van der Waals surface area (Å²) < 4.78 is 0. The van der Waals surface area contributed by atoms with Crippen LogP contribution >= 0.6 is 11.6 Å². The number of likely N-dealkylation sites (N-methyl/N-ethyl adjacent to an activating group) is 2. The minimum Gasteiger partial charge on any atom is -0.308 e. The van der Waals surface area contributed by atoms with Crippen LogP contribution < -0.4 is 0 Å². The molecule has 5 heteroatoms. The summed E-state index contributed by atoms with van der Waals surface area (Å²) in [5.74, 6) is 0. The summed E-state index contributed by atoms with van der Waals surface area (Å²) in [6.45, 7) is 2.85. The predicted molar refractivity (Wildman–Crippen MR) is 61.9 cm³/mol. The summed E-state index contributed by atoms with van der Waals surface area (Å²) in [6.07, 6.45) is 3.30. The van der Waals surface area contributed by atoms with Gasteiger partial charge in [-0.1, -0.05) is 11.6 Å². The Hall–Kier alpha value is -0.710. The highest BCUT2D eigenvalue weighted by atomic mass is 35.5. The lowest BCUT2D eigenvalue weighted by atomic mass is 10.4. The Balaban J connectivity index is 2.37. The fourth-order valence-corrected chi connectivity index (χ4v) is 1.24. The van der Waals surface area contributed by atoms with Crippen LogP contribution in [-0.2, 0) is 6.54 Å². The highest BCUT2D eigenvalue weighted by Gasteiger charge is 2.02. The molecule has 0 atom stereocenters. The van der Waals surface area contributed by atoms with Gasteiger partial charge in [-0.2, -0.15) is 0 Å². The van der Waals surface area contributed by atoms with E-state index in [9.17, 15) is 0 Å². The summed E-state index contributed by atoms with van der Waals surface area (Å²) in [5, 5.41) is 0.440. The second-order valence-corrected chi connectivity index (χ2v) is 4.26. The molecule has 1 aromatic heterocycles. The molecule has 0 bridgehead atoms. The first-order chi connectivity index (χ1) is 7.08. The van der Waals surface area contributed by atoms with Gasteiger partial charge >= 0.3 is 0 Å². The second kappa shape index (κ2) is 6.00. The number of rotatable bonds is 5. The average molecular weight is 229 g/mol. The molecule has 0 aliphatic carbocycles. The van der Waals surface area contributed by atoms with Gasteiger partial charge in [0.2, 0.25) is 0 Å². The van der Waals surface area contributed by atoms with E-state index < -0.39 is 0 Å². The van der Waals surface area contributed by atoms with Gasteiger partial charge < -0.3 is 4.90 Å². The molecule has 0 spiro atoms. The zero-order valence-electron chi connectivity index (χ0n) is 9.44. The standard InChI is InChI=1S/C10H17ClN4/c1-14(2)4-5-15(3)8-9-6-13-10(11)7-12-9/h6-7H,4-5,8H2,1-3H3. The van der Waals surface area contributed by atoms with E-state index in [1.807, 2.05) is 0 Å². The van der Waals surface area contributed by atoms with Crippen molar-refractivity contribution in [1.29, 1.82) is 0 Å². The molecule has 1 heterocycles. The minimum absolute atomic E-state index is 0.440. The number of nitrogens with zero attached hydrogens (tertiary/aromatic N) is 4. The third-order valence-electron chi connectivity index (χ3n) is 2.03. The van der Waals surface area contributed by atoms with Gasteiger partial charge in [0.15, 0.2) is 0 Å². The van der Waals surface area contributed by atoms with Crippen molar-refractivity contribution in [2.75, 3.05) is 34.2 Å². The molecule has 0 amide bonds. The van der Waals surface area contributed by atoms with Gasteiger partial charge in [-0.25, -0.2) is 4.98 Å². The van der Waals surface area contributed by atoms with Crippen molar-refractivity contribution in [3.8, 4) is 0 Å². The number of halogens is 1. The lowest BCUT2D eigenvalue weighted by Crippen LogP contribution is -2.28. The fourth-order valence-electron chi connectivity index (χ4n) is 1.15. The average Bonchev–Trinajstić information content (AvgIpc) is 2.19. The zero-order valence-corrected chi connectivity index (χ0v) is 10.2. The van der Waals surface area contributed by atoms with Crippen LogP contribution in [0.15, 0.2) is 12.4 Å². The zero-order chi connectivity index (χ0) is 11.3. The van der Waals surface area contributed by atoms with Crippen molar-refractivity contribution in [1.82, 2.24) is 19.8 Å². The Bertz CT molecular complexity index is 286. The van der Waals surface area contributed by atoms with Crippen LogP contribution in [0, 0.1) is 0 Å². The van der Waals surface area contributed by atoms with E-state index in [0.717, 1.165) is 25.3 Å². The van der Waals surface area contributed by atoms with E-state index in [1.165, 1.54) is 0 Å². The summed E-state index contributed by atoms with van der Waals surface area (Å²) in [6, 6.07) is 0. The molecule has 0 unspecified atom stereocenters. The minimum atomic E-state index is 0.440. The van der Waals surface area contributed by atoms with Gasteiger partial charge in [0, 0.05) is 19.6 Å². The molecule has 15 heavy (non-hydrogen) atoms. The monoisotopic (exact) mass is 228 g/mol. The molecule has 84 valence electrons. The van der Waals surface area contributed by atoms with E-state index in [-0.39, 0.29) is 0 Å². The molecule has 0 aliphatic heterocycles.